The van der Waals surface area contributed by atoms with Gasteiger partial charge >= 0.3 is 0 Å². The Balaban J connectivity index is 3.19. The summed E-state index contributed by atoms with van der Waals surface area (Å²) < 4.78 is 10.3. The van der Waals surface area contributed by atoms with E-state index in [9.17, 15) is 0 Å². The van der Waals surface area contributed by atoms with Crippen LogP contribution in [0, 0.1) is 6.92 Å². The number of methoxy groups -OCH3 is 2. The summed E-state index contributed by atoms with van der Waals surface area (Å²) in [6.45, 7) is 2.05. The first kappa shape index (κ1) is 8.98. The highest BCUT2D eigenvalue weighted by Gasteiger charge is 2.04. The molecule has 12 heavy (non-hydrogen) atoms. The molecule has 1 aromatic carbocycles. The first-order valence-electron chi connectivity index (χ1n) is 3.88. The number of hydrogen-bond donors (Lipinski definition) is 0. The SMILES string of the molecule is Bc1cc(OC)c(OC)cc1C. The lowest BCUT2D eigenvalue weighted by Gasteiger charge is -2.09. The molecule has 0 heterocycles. The molecule has 0 aliphatic rings. The van der Waals surface area contributed by atoms with Gasteiger partial charge in [-0.2, -0.15) is 0 Å². The standard InChI is InChI=1S/C9H13BO2/c1-6-4-8(11-2)9(12-3)5-7(6)10/h4-5H,10H2,1-3H3. The fourth-order valence-electron chi connectivity index (χ4n) is 1.08. The van der Waals surface area contributed by atoms with Crippen LogP contribution in [0.3, 0.4) is 0 Å². The van der Waals surface area contributed by atoms with Gasteiger partial charge in [0.15, 0.2) is 11.5 Å². The molecule has 0 amide bonds. The molecule has 0 aliphatic carbocycles. The first-order valence-corrected chi connectivity index (χ1v) is 3.88. The third kappa shape index (κ3) is 1.55. The monoisotopic (exact) mass is 164 g/mol. The summed E-state index contributed by atoms with van der Waals surface area (Å²) in [7, 11) is 5.34. The predicted octanol–water partition coefficient (Wildman–Crippen LogP) is 0.271. The minimum atomic E-state index is 0.792. The Labute approximate surface area is 73.9 Å². The highest BCUT2D eigenvalue weighted by atomic mass is 16.5. The van der Waals surface area contributed by atoms with Crippen LogP contribution in [0.1, 0.15) is 5.56 Å². The molecule has 64 valence electrons. The van der Waals surface area contributed by atoms with Crippen LogP contribution in [0.5, 0.6) is 11.5 Å². The van der Waals surface area contributed by atoms with Gasteiger partial charge in [-0.15, -0.1) is 0 Å². The molecule has 0 aliphatic heterocycles. The smallest absolute Gasteiger partial charge is 0.160 e. The van der Waals surface area contributed by atoms with Gasteiger partial charge in [-0.3, -0.25) is 0 Å². The third-order valence-corrected chi connectivity index (χ3v) is 2.00. The summed E-state index contributed by atoms with van der Waals surface area (Å²) in [5, 5.41) is 0. The number of hydrogen-bond acceptors (Lipinski definition) is 2. The van der Waals surface area contributed by atoms with Crippen molar-refractivity contribution in [3.05, 3.63) is 17.7 Å². The van der Waals surface area contributed by atoms with Gasteiger partial charge in [0.1, 0.15) is 7.85 Å². The van der Waals surface area contributed by atoms with Crippen molar-refractivity contribution in [2.45, 2.75) is 6.92 Å². The highest BCUT2D eigenvalue weighted by molar-refractivity contribution is 6.33. The van der Waals surface area contributed by atoms with E-state index in [-0.39, 0.29) is 0 Å². The zero-order valence-corrected chi connectivity index (χ0v) is 7.97. The molecule has 0 N–H and O–H groups in total. The number of benzene rings is 1. The zero-order chi connectivity index (χ0) is 9.14. The van der Waals surface area contributed by atoms with Crippen molar-refractivity contribution in [3.63, 3.8) is 0 Å². The van der Waals surface area contributed by atoms with E-state index >= 15 is 0 Å². The van der Waals surface area contributed by atoms with Crippen LogP contribution in [-0.4, -0.2) is 22.1 Å². The van der Waals surface area contributed by atoms with Crippen molar-refractivity contribution in [3.8, 4) is 11.5 Å². The molecule has 0 radical (unpaired) electrons. The van der Waals surface area contributed by atoms with Crippen molar-refractivity contribution in [2.24, 2.45) is 0 Å². The predicted molar refractivity (Wildman–Crippen MR) is 52.5 cm³/mol. The van der Waals surface area contributed by atoms with Gasteiger partial charge in [0.2, 0.25) is 0 Å². The third-order valence-electron chi connectivity index (χ3n) is 2.00. The Morgan fingerprint density at radius 1 is 1.08 bits per heavy atom. The Bertz CT molecular complexity index is 255. The highest BCUT2D eigenvalue weighted by Crippen LogP contribution is 2.25. The second-order valence-corrected chi connectivity index (χ2v) is 2.79. The fourth-order valence-corrected chi connectivity index (χ4v) is 1.08. The Morgan fingerprint density at radius 2 is 1.58 bits per heavy atom. The average Bonchev–Trinajstić information content (AvgIpc) is 2.09. The second kappa shape index (κ2) is 3.52. The van der Waals surface area contributed by atoms with Crippen LogP contribution in [0.2, 0.25) is 0 Å². The fraction of sp³-hybridized carbons (Fsp3) is 0.333. The maximum Gasteiger partial charge on any atom is 0.160 e. The van der Waals surface area contributed by atoms with E-state index in [1.165, 1.54) is 11.0 Å². The molecule has 0 spiro atoms. The van der Waals surface area contributed by atoms with Crippen molar-refractivity contribution >= 4 is 13.3 Å². The molecule has 0 atom stereocenters. The van der Waals surface area contributed by atoms with E-state index in [1.807, 2.05) is 12.1 Å². The normalized spacial score (nSPS) is 9.58. The van der Waals surface area contributed by atoms with Crippen molar-refractivity contribution < 1.29 is 9.47 Å². The lowest BCUT2D eigenvalue weighted by Crippen LogP contribution is -2.08. The first-order chi connectivity index (χ1) is 5.69. The molecule has 0 aromatic heterocycles. The van der Waals surface area contributed by atoms with Crippen LogP contribution in [0.4, 0.5) is 0 Å². The molecule has 1 aromatic rings. The van der Waals surface area contributed by atoms with Crippen LogP contribution in [-0.2, 0) is 0 Å². The van der Waals surface area contributed by atoms with Crippen molar-refractivity contribution in [2.75, 3.05) is 14.2 Å². The summed E-state index contributed by atoms with van der Waals surface area (Å²) in [5.74, 6) is 1.58. The molecule has 0 saturated heterocycles. The maximum atomic E-state index is 5.15. The number of ether oxygens (including phenoxy) is 2. The summed E-state index contributed by atoms with van der Waals surface area (Å²) >= 11 is 0. The minimum Gasteiger partial charge on any atom is -0.493 e. The van der Waals surface area contributed by atoms with Crippen molar-refractivity contribution in [1.29, 1.82) is 0 Å². The van der Waals surface area contributed by atoms with Crippen LogP contribution in [0.15, 0.2) is 12.1 Å². The van der Waals surface area contributed by atoms with Crippen molar-refractivity contribution in [1.82, 2.24) is 0 Å². The second-order valence-electron chi connectivity index (χ2n) is 2.79. The number of aryl methyl sites for hydroxylation is 1. The Morgan fingerprint density at radius 3 is 2.08 bits per heavy atom. The van der Waals surface area contributed by atoms with E-state index in [2.05, 4.69) is 14.8 Å². The van der Waals surface area contributed by atoms with E-state index in [1.54, 1.807) is 14.2 Å². The maximum absolute atomic E-state index is 5.15. The molecular formula is C9H13BO2. The Kier molecular flexibility index (Phi) is 2.63. The number of rotatable bonds is 2. The zero-order valence-electron chi connectivity index (χ0n) is 7.97. The molecule has 2 nitrogen and oxygen atoms in total. The summed E-state index contributed by atoms with van der Waals surface area (Å²) in [5.41, 5.74) is 2.43. The topological polar surface area (TPSA) is 18.5 Å². The van der Waals surface area contributed by atoms with Gasteiger partial charge < -0.3 is 9.47 Å². The van der Waals surface area contributed by atoms with Gasteiger partial charge in [0.05, 0.1) is 14.2 Å². The molecule has 0 unspecified atom stereocenters. The quantitative estimate of drug-likeness (QED) is 0.584. The van der Waals surface area contributed by atoms with Gasteiger partial charge in [0, 0.05) is 0 Å². The molecule has 0 saturated carbocycles. The van der Waals surface area contributed by atoms with Crippen LogP contribution >= 0.6 is 0 Å². The lowest BCUT2D eigenvalue weighted by atomic mass is 9.91. The molecule has 0 bridgehead atoms. The largest absolute Gasteiger partial charge is 0.493 e. The van der Waals surface area contributed by atoms with E-state index in [0.29, 0.717) is 0 Å². The molecule has 1 rings (SSSR count). The van der Waals surface area contributed by atoms with Gasteiger partial charge in [-0.1, -0.05) is 11.0 Å². The van der Waals surface area contributed by atoms with Gasteiger partial charge in [0.25, 0.3) is 0 Å². The molecular weight excluding hydrogens is 151 g/mol. The van der Waals surface area contributed by atoms with Gasteiger partial charge in [-0.25, -0.2) is 0 Å². The summed E-state index contributed by atoms with van der Waals surface area (Å²) in [6.07, 6.45) is 0. The average molecular weight is 164 g/mol. The summed E-state index contributed by atoms with van der Waals surface area (Å²) in [4.78, 5) is 0. The minimum absolute atomic E-state index is 0.792. The van der Waals surface area contributed by atoms with E-state index < -0.39 is 0 Å². The Hall–Kier alpha value is -1.12. The van der Waals surface area contributed by atoms with E-state index in [0.717, 1.165) is 11.5 Å². The molecule has 3 heteroatoms. The van der Waals surface area contributed by atoms with Crippen LogP contribution in [0.25, 0.3) is 0 Å². The lowest BCUT2D eigenvalue weighted by molar-refractivity contribution is 0.355. The van der Waals surface area contributed by atoms with Crippen LogP contribution < -0.4 is 14.9 Å². The van der Waals surface area contributed by atoms with Gasteiger partial charge in [-0.05, 0) is 19.1 Å². The van der Waals surface area contributed by atoms with E-state index in [4.69, 9.17) is 9.47 Å². The summed E-state index contributed by atoms with van der Waals surface area (Å²) in [6, 6.07) is 3.96. The molecule has 0 fully saturated rings.